The summed E-state index contributed by atoms with van der Waals surface area (Å²) in [5.74, 6) is -1.11. The van der Waals surface area contributed by atoms with Crippen molar-refractivity contribution in [2.24, 2.45) is 0 Å². The number of carbonyl (C=O) groups is 2. The summed E-state index contributed by atoms with van der Waals surface area (Å²) in [6.07, 6.45) is 6.43. The number of halogens is 1. The molecule has 0 radical (unpaired) electrons. The van der Waals surface area contributed by atoms with Crippen molar-refractivity contribution < 1.29 is 23.8 Å². The van der Waals surface area contributed by atoms with Crippen LogP contribution < -0.4 is 9.64 Å². The van der Waals surface area contributed by atoms with Crippen LogP contribution in [0.1, 0.15) is 51.9 Å². The van der Waals surface area contributed by atoms with Crippen molar-refractivity contribution in [2.75, 3.05) is 18.1 Å². The van der Waals surface area contributed by atoms with Crippen molar-refractivity contribution in [1.29, 1.82) is 0 Å². The van der Waals surface area contributed by atoms with Crippen LogP contribution in [0.15, 0.2) is 67.0 Å². The summed E-state index contributed by atoms with van der Waals surface area (Å²) >= 11 is 0. The number of nitrogens with zero attached hydrogens (tertiary/aromatic N) is 3. The zero-order valence-electron chi connectivity index (χ0n) is 22.7. The maximum Gasteiger partial charge on any atom is 0.338 e. The summed E-state index contributed by atoms with van der Waals surface area (Å²) in [5.41, 5.74) is 6.56. The van der Waals surface area contributed by atoms with Crippen LogP contribution in [0.3, 0.4) is 0 Å². The van der Waals surface area contributed by atoms with Gasteiger partial charge in [-0.1, -0.05) is 30.3 Å². The molecule has 0 spiro atoms. The Balaban J connectivity index is 1.27. The maximum absolute atomic E-state index is 13.8. The average molecular weight is 542 g/mol. The Labute approximate surface area is 232 Å². The SMILES string of the molecule is Cc1cccc(OCCCC(=O)N2CCCc3c(-c4cnn(Cc5ccc(F)c(C(=O)O)c5)c4)cccc32)c1C. The smallest absolute Gasteiger partial charge is 0.338 e. The van der Waals surface area contributed by atoms with Gasteiger partial charge in [-0.15, -0.1) is 0 Å². The van der Waals surface area contributed by atoms with Gasteiger partial charge in [-0.05, 0) is 85.2 Å². The zero-order chi connectivity index (χ0) is 28.2. The number of aromatic carboxylic acids is 1. The molecule has 0 saturated heterocycles. The molecular formula is C32H32FN3O4. The van der Waals surface area contributed by atoms with Gasteiger partial charge in [0.2, 0.25) is 5.91 Å². The number of hydrogen-bond acceptors (Lipinski definition) is 4. The summed E-state index contributed by atoms with van der Waals surface area (Å²) in [6.45, 7) is 5.58. The molecular weight excluding hydrogens is 509 g/mol. The van der Waals surface area contributed by atoms with Crippen molar-refractivity contribution in [3.8, 4) is 16.9 Å². The molecule has 0 fully saturated rings. The highest BCUT2D eigenvalue weighted by Crippen LogP contribution is 2.36. The first-order chi connectivity index (χ1) is 19.3. The Hall–Kier alpha value is -4.46. The lowest BCUT2D eigenvalue weighted by Gasteiger charge is -2.31. The maximum atomic E-state index is 13.8. The van der Waals surface area contributed by atoms with E-state index in [1.165, 1.54) is 11.6 Å². The molecule has 2 heterocycles. The Morgan fingerprint density at radius 3 is 2.75 bits per heavy atom. The number of rotatable bonds is 9. The van der Waals surface area contributed by atoms with E-state index in [0.717, 1.165) is 52.6 Å². The number of hydrogen-bond donors (Lipinski definition) is 1. The first-order valence-electron chi connectivity index (χ1n) is 13.5. The summed E-state index contributed by atoms with van der Waals surface area (Å²) in [5, 5.41) is 13.7. The summed E-state index contributed by atoms with van der Waals surface area (Å²) in [7, 11) is 0. The highest BCUT2D eigenvalue weighted by Gasteiger charge is 2.25. The Bertz CT molecular complexity index is 1560. The first kappa shape index (κ1) is 27.1. The van der Waals surface area contributed by atoms with Gasteiger partial charge < -0.3 is 14.7 Å². The second-order valence-electron chi connectivity index (χ2n) is 10.1. The lowest BCUT2D eigenvalue weighted by Crippen LogP contribution is -2.35. The summed E-state index contributed by atoms with van der Waals surface area (Å²) in [6, 6.07) is 16.0. The van der Waals surface area contributed by atoms with E-state index in [4.69, 9.17) is 4.74 Å². The number of ether oxygens (including phenoxy) is 1. The van der Waals surface area contributed by atoms with Crippen LogP contribution in [0.4, 0.5) is 10.1 Å². The molecule has 206 valence electrons. The van der Waals surface area contributed by atoms with Crippen LogP contribution in [0.2, 0.25) is 0 Å². The topological polar surface area (TPSA) is 84.7 Å². The van der Waals surface area contributed by atoms with E-state index in [2.05, 4.69) is 18.1 Å². The largest absolute Gasteiger partial charge is 0.493 e. The number of carboxylic acids is 1. The van der Waals surface area contributed by atoms with E-state index >= 15 is 0 Å². The van der Waals surface area contributed by atoms with Gasteiger partial charge in [-0.2, -0.15) is 5.10 Å². The normalized spacial score (nSPS) is 12.7. The fourth-order valence-corrected chi connectivity index (χ4v) is 5.19. The third kappa shape index (κ3) is 5.76. The molecule has 0 atom stereocenters. The molecule has 7 nitrogen and oxygen atoms in total. The lowest BCUT2D eigenvalue weighted by atomic mass is 9.93. The third-order valence-corrected chi connectivity index (χ3v) is 7.45. The number of aromatic nitrogens is 2. The van der Waals surface area contributed by atoms with Gasteiger partial charge in [0.15, 0.2) is 0 Å². The molecule has 3 aromatic carbocycles. The van der Waals surface area contributed by atoms with Gasteiger partial charge in [-0.25, -0.2) is 9.18 Å². The van der Waals surface area contributed by atoms with E-state index in [-0.39, 0.29) is 11.5 Å². The number of carbonyl (C=O) groups excluding carboxylic acids is 1. The Morgan fingerprint density at radius 1 is 1.10 bits per heavy atom. The predicted molar refractivity (Wildman–Crippen MR) is 151 cm³/mol. The van der Waals surface area contributed by atoms with Gasteiger partial charge in [0, 0.05) is 30.4 Å². The molecule has 40 heavy (non-hydrogen) atoms. The van der Waals surface area contributed by atoms with Crippen molar-refractivity contribution in [2.45, 2.75) is 46.1 Å². The second kappa shape index (κ2) is 11.7. The molecule has 5 rings (SSSR count). The van der Waals surface area contributed by atoms with E-state index in [1.807, 2.05) is 48.4 Å². The van der Waals surface area contributed by atoms with Gasteiger partial charge in [0.05, 0.1) is 24.9 Å². The van der Waals surface area contributed by atoms with Crippen LogP contribution in [-0.4, -0.2) is 39.9 Å². The molecule has 1 N–H and O–H groups in total. The molecule has 0 bridgehead atoms. The average Bonchev–Trinajstić information content (AvgIpc) is 3.41. The minimum atomic E-state index is -1.30. The standard InChI is InChI=1S/C32H32FN3O4/c1-21-7-3-11-30(22(21)2)40-16-6-12-31(37)36-15-5-9-26-25(8-4-10-29(26)36)24-18-34-35(20-24)19-23-13-14-28(33)27(17-23)32(38)39/h3-4,7-8,10-11,13-14,17-18,20H,5-6,9,12,15-16,19H2,1-2H3,(H,38,39). The van der Waals surface area contributed by atoms with E-state index in [1.54, 1.807) is 16.9 Å². The molecule has 4 aromatic rings. The van der Waals surface area contributed by atoms with E-state index in [9.17, 15) is 19.1 Å². The van der Waals surface area contributed by atoms with Crippen molar-refractivity contribution in [1.82, 2.24) is 9.78 Å². The van der Waals surface area contributed by atoms with Gasteiger partial charge in [0.1, 0.15) is 11.6 Å². The summed E-state index contributed by atoms with van der Waals surface area (Å²) in [4.78, 5) is 26.4. The van der Waals surface area contributed by atoms with Gasteiger partial charge >= 0.3 is 5.97 Å². The molecule has 1 amide bonds. The van der Waals surface area contributed by atoms with Crippen LogP contribution in [-0.2, 0) is 17.8 Å². The van der Waals surface area contributed by atoms with Crippen molar-refractivity contribution in [3.05, 3.63) is 101 Å². The summed E-state index contributed by atoms with van der Waals surface area (Å²) < 4.78 is 21.4. The fourth-order valence-electron chi connectivity index (χ4n) is 5.19. The van der Waals surface area contributed by atoms with E-state index < -0.39 is 11.8 Å². The molecule has 8 heteroatoms. The number of aryl methyl sites for hydroxylation is 1. The van der Waals surface area contributed by atoms with Gasteiger partial charge in [-0.3, -0.25) is 9.48 Å². The van der Waals surface area contributed by atoms with Crippen LogP contribution in [0.5, 0.6) is 5.75 Å². The third-order valence-electron chi connectivity index (χ3n) is 7.45. The first-order valence-corrected chi connectivity index (χ1v) is 13.5. The molecule has 1 aromatic heterocycles. The van der Waals surface area contributed by atoms with E-state index in [0.29, 0.717) is 38.1 Å². The minimum Gasteiger partial charge on any atom is -0.493 e. The number of carboxylic acid groups (broad SMARTS) is 1. The number of anilines is 1. The number of fused-ring (bicyclic) bond motifs is 1. The second-order valence-corrected chi connectivity index (χ2v) is 10.1. The predicted octanol–water partition coefficient (Wildman–Crippen LogP) is 6.19. The lowest BCUT2D eigenvalue weighted by molar-refractivity contribution is -0.118. The monoisotopic (exact) mass is 541 g/mol. The molecule has 0 unspecified atom stereocenters. The van der Waals surface area contributed by atoms with Crippen molar-refractivity contribution in [3.63, 3.8) is 0 Å². The van der Waals surface area contributed by atoms with Crippen LogP contribution in [0.25, 0.3) is 11.1 Å². The number of amides is 1. The van der Waals surface area contributed by atoms with Crippen molar-refractivity contribution >= 4 is 17.6 Å². The quantitative estimate of drug-likeness (QED) is 0.256. The van der Waals surface area contributed by atoms with Crippen LogP contribution in [0, 0.1) is 19.7 Å². The molecule has 0 aliphatic carbocycles. The minimum absolute atomic E-state index is 0.0869. The molecule has 0 saturated carbocycles. The Morgan fingerprint density at radius 2 is 1.93 bits per heavy atom. The molecule has 1 aliphatic rings. The number of benzene rings is 3. The van der Waals surface area contributed by atoms with Gasteiger partial charge in [0.25, 0.3) is 0 Å². The zero-order valence-corrected chi connectivity index (χ0v) is 22.7. The highest BCUT2D eigenvalue weighted by atomic mass is 19.1. The fraction of sp³-hybridized carbons (Fsp3) is 0.281. The molecule has 1 aliphatic heterocycles. The highest BCUT2D eigenvalue weighted by molar-refractivity contribution is 5.96. The van der Waals surface area contributed by atoms with Crippen LogP contribution >= 0.6 is 0 Å². The Kier molecular flexibility index (Phi) is 7.96.